The largest absolute Gasteiger partial charge is 0.453 e. The van der Waals surface area contributed by atoms with Gasteiger partial charge >= 0.3 is 5.97 Å². The van der Waals surface area contributed by atoms with E-state index in [-0.39, 0.29) is 18.1 Å². The van der Waals surface area contributed by atoms with Crippen molar-refractivity contribution in [1.29, 1.82) is 0 Å². The number of para-hydroxylation sites is 2. The third-order valence-electron chi connectivity index (χ3n) is 4.62. The SMILES string of the molecule is CCc1cccc2c(C(=O)COC(=O)c3ccc4ccccc4n3)c[nH]c12. The highest BCUT2D eigenvalue weighted by Gasteiger charge is 2.17. The van der Waals surface area contributed by atoms with Crippen LogP contribution in [0.15, 0.2) is 60.8 Å². The minimum atomic E-state index is -0.608. The second kappa shape index (κ2) is 7.03. The molecule has 0 radical (unpaired) electrons. The Balaban J connectivity index is 1.51. The van der Waals surface area contributed by atoms with Gasteiger partial charge in [-0.2, -0.15) is 0 Å². The number of hydrogen-bond donors (Lipinski definition) is 1. The van der Waals surface area contributed by atoms with Crippen molar-refractivity contribution in [1.82, 2.24) is 9.97 Å². The van der Waals surface area contributed by atoms with E-state index in [0.29, 0.717) is 11.1 Å². The number of ketones is 1. The number of carbonyl (C=O) groups excluding carboxylic acids is 2. The third-order valence-corrected chi connectivity index (χ3v) is 4.62. The first kappa shape index (κ1) is 17.0. The lowest BCUT2D eigenvalue weighted by molar-refractivity contribution is 0.0470. The van der Waals surface area contributed by atoms with E-state index < -0.39 is 5.97 Å². The highest BCUT2D eigenvalue weighted by atomic mass is 16.5. The van der Waals surface area contributed by atoms with Crippen LogP contribution in [0.2, 0.25) is 0 Å². The zero-order valence-corrected chi connectivity index (χ0v) is 14.9. The summed E-state index contributed by atoms with van der Waals surface area (Å²) in [5, 5.41) is 1.79. The number of ether oxygens (including phenoxy) is 1. The van der Waals surface area contributed by atoms with E-state index in [0.717, 1.165) is 28.3 Å². The molecule has 2 aromatic carbocycles. The maximum atomic E-state index is 12.5. The molecule has 4 aromatic rings. The summed E-state index contributed by atoms with van der Waals surface area (Å²) in [6, 6.07) is 16.8. The van der Waals surface area contributed by atoms with Crippen molar-refractivity contribution in [2.24, 2.45) is 0 Å². The van der Waals surface area contributed by atoms with Crippen molar-refractivity contribution in [3.63, 3.8) is 0 Å². The van der Waals surface area contributed by atoms with Crippen molar-refractivity contribution < 1.29 is 14.3 Å². The summed E-state index contributed by atoms with van der Waals surface area (Å²) in [5.41, 5.74) is 3.52. The van der Waals surface area contributed by atoms with Crippen molar-refractivity contribution in [2.75, 3.05) is 6.61 Å². The van der Waals surface area contributed by atoms with Crippen LogP contribution in [0.3, 0.4) is 0 Å². The molecule has 0 spiro atoms. The van der Waals surface area contributed by atoms with E-state index in [1.54, 1.807) is 12.3 Å². The van der Waals surface area contributed by atoms with Gasteiger partial charge in [-0.05, 0) is 24.1 Å². The van der Waals surface area contributed by atoms with Crippen LogP contribution in [-0.4, -0.2) is 28.3 Å². The fourth-order valence-electron chi connectivity index (χ4n) is 3.20. The molecule has 0 aliphatic rings. The van der Waals surface area contributed by atoms with Crippen LogP contribution in [0.25, 0.3) is 21.8 Å². The summed E-state index contributed by atoms with van der Waals surface area (Å²) >= 11 is 0. The van der Waals surface area contributed by atoms with E-state index in [1.807, 2.05) is 48.5 Å². The van der Waals surface area contributed by atoms with Gasteiger partial charge in [0, 0.05) is 28.0 Å². The van der Waals surface area contributed by atoms with Crippen LogP contribution in [-0.2, 0) is 11.2 Å². The lowest BCUT2D eigenvalue weighted by Crippen LogP contribution is -2.15. The van der Waals surface area contributed by atoms with E-state index in [2.05, 4.69) is 16.9 Å². The number of carbonyl (C=O) groups is 2. The van der Waals surface area contributed by atoms with Gasteiger partial charge in [-0.15, -0.1) is 0 Å². The Morgan fingerprint density at radius 2 is 1.89 bits per heavy atom. The van der Waals surface area contributed by atoms with Crippen LogP contribution in [0.5, 0.6) is 0 Å². The molecule has 0 amide bonds. The first-order valence-electron chi connectivity index (χ1n) is 8.82. The molecule has 0 bridgehead atoms. The van der Waals surface area contributed by atoms with Crippen LogP contribution in [0, 0.1) is 0 Å². The summed E-state index contributed by atoms with van der Waals surface area (Å²) in [6.45, 7) is 1.74. The second-order valence-electron chi connectivity index (χ2n) is 6.28. The number of hydrogen-bond acceptors (Lipinski definition) is 4. The number of aromatic amines is 1. The molecule has 0 unspecified atom stereocenters. The summed E-state index contributed by atoms with van der Waals surface area (Å²) in [6.07, 6.45) is 2.54. The highest BCUT2D eigenvalue weighted by Crippen LogP contribution is 2.22. The number of Topliss-reactive ketones (excluding diaryl/α,β-unsaturated/α-hetero) is 1. The fraction of sp³-hybridized carbons (Fsp3) is 0.136. The Morgan fingerprint density at radius 1 is 1.04 bits per heavy atom. The monoisotopic (exact) mass is 358 g/mol. The molecule has 2 heterocycles. The smallest absolute Gasteiger partial charge is 0.357 e. The van der Waals surface area contributed by atoms with Crippen molar-refractivity contribution in [3.8, 4) is 0 Å². The number of nitrogens with zero attached hydrogens (tertiary/aromatic N) is 1. The second-order valence-corrected chi connectivity index (χ2v) is 6.28. The van der Waals surface area contributed by atoms with Gasteiger partial charge in [0.15, 0.2) is 6.61 Å². The van der Waals surface area contributed by atoms with Crippen molar-refractivity contribution in [2.45, 2.75) is 13.3 Å². The Labute approximate surface area is 156 Å². The molecule has 2 aromatic heterocycles. The average molecular weight is 358 g/mol. The predicted molar refractivity (Wildman–Crippen MR) is 104 cm³/mol. The normalized spacial score (nSPS) is 11.0. The molecule has 0 saturated heterocycles. The van der Waals surface area contributed by atoms with Crippen molar-refractivity contribution >= 4 is 33.6 Å². The molecule has 27 heavy (non-hydrogen) atoms. The van der Waals surface area contributed by atoms with Gasteiger partial charge < -0.3 is 9.72 Å². The molecule has 0 fully saturated rings. The Kier molecular flexibility index (Phi) is 4.42. The molecule has 134 valence electrons. The van der Waals surface area contributed by atoms with Gasteiger partial charge in [0.05, 0.1) is 5.52 Å². The van der Waals surface area contributed by atoms with E-state index in [4.69, 9.17) is 4.74 Å². The lowest BCUT2D eigenvalue weighted by atomic mass is 10.1. The zero-order chi connectivity index (χ0) is 18.8. The maximum absolute atomic E-state index is 12.5. The molecular formula is C22H18N2O3. The summed E-state index contributed by atoms with van der Waals surface area (Å²) in [4.78, 5) is 32.3. The summed E-state index contributed by atoms with van der Waals surface area (Å²) in [7, 11) is 0. The predicted octanol–water partition coefficient (Wildman–Crippen LogP) is 4.32. The molecule has 0 saturated carbocycles. The number of H-pyrrole nitrogens is 1. The van der Waals surface area contributed by atoms with Crippen LogP contribution in [0.1, 0.15) is 33.3 Å². The minimum Gasteiger partial charge on any atom is -0.453 e. The Morgan fingerprint density at radius 3 is 2.74 bits per heavy atom. The minimum absolute atomic E-state index is 0.189. The quantitative estimate of drug-likeness (QED) is 0.426. The summed E-state index contributed by atoms with van der Waals surface area (Å²) < 4.78 is 5.20. The number of esters is 1. The molecule has 4 rings (SSSR count). The van der Waals surface area contributed by atoms with Gasteiger partial charge in [0.1, 0.15) is 5.69 Å². The van der Waals surface area contributed by atoms with Gasteiger partial charge in [-0.1, -0.05) is 49.4 Å². The molecule has 0 atom stereocenters. The average Bonchev–Trinajstić information content (AvgIpc) is 3.15. The number of fused-ring (bicyclic) bond motifs is 2. The molecule has 1 N–H and O–H groups in total. The Bertz CT molecular complexity index is 1160. The van der Waals surface area contributed by atoms with E-state index in [1.165, 1.54) is 0 Å². The summed E-state index contributed by atoms with van der Waals surface area (Å²) in [5.74, 6) is -0.855. The third kappa shape index (κ3) is 3.19. The first-order valence-corrected chi connectivity index (χ1v) is 8.82. The Hall–Kier alpha value is -3.47. The first-order chi connectivity index (χ1) is 13.2. The number of aromatic nitrogens is 2. The number of rotatable bonds is 5. The molecule has 0 aliphatic heterocycles. The number of nitrogens with one attached hydrogen (secondary N) is 1. The highest BCUT2D eigenvalue weighted by molar-refractivity contribution is 6.09. The van der Waals surface area contributed by atoms with Crippen LogP contribution in [0.4, 0.5) is 0 Å². The number of benzene rings is 2. The molecule has 5 nitrogen and oxygen atoms in total. The van der Waals surface area contributed by atoms with Crippen LogP contribution < -0.4 is 0 Å². The zero-order valence-electron chi connectivity index (χ0n) is 14.9. The fourth-order valence-corrected chi connectivity index (χ4v) is 3.20. The van der Waals surface area contributed by atoms with Gasteiger partial charge in [-0.25, -0.2) is 9.78 Å². The van der Waals surface area contributed by atoms with Gasteiger partial charge in [0.2, 0.25) is 5.78 Å². The molecule has 0 aliphatic carbocycles. The maximum Gasteiger partial charge on any atom is 0.357 e. The topological polar surface area (TPSA) is 72.1 Å². The lowest BCUT2D eigenvalue weighted by Gasteiger charge is -2.05. The number of aryl methyl sites for hydroxylation is 1. The van der Waals surface area contributed by atoms with E-state index in [9.17, 15) is 9.59 Å². The van der Waals surface area contributed by atoms with Crippen molar-refractivity contribution in [3.05, 3.63) is 77.6 Å². The van der Waals surface area contributed by atoms with E-state index >= 15 is 0 Å². The molecular weight excluding hydrogens is 340 g/mol. The van der Waals surface area contributed by atoms with Gasteiger partial charge in [-0.3, -0.25) is 4.79 Å². The standard InChI is InChI=1S/C22H18N2O3/c1-2-14-7-5-8-16-17(12-23-21(14)16)20(25)13-27-22(26)19-11-10-15-6-3-4-9-18(15)24-19/h3-12,23H,2,13H2,1H3. The van der Waals surface area contributed by atoms with Crippen LogP contribution >= 0.6 is 0 Å². The molecule has 5 heteroatoms. The van der Waals surface area contributed by atoms with Gasteiger partial charge in [0.25, 0.3) is 0 Å². The number of pyridine rings is 1.